The van der Waals surface area contributed by atoms with Crippen LogP contribution < -0.4 is 5.32 Å². The van der Waals surface area contributed by atoms with Crippen molar-refractivity contribution < 1.29 is 4.79 Å². The number of rotatable bonds is 7. The Morgan fingerprint density at radius 1 is 1.39 bits per heavy atom. The molecule has 5 nitrogen and oxygen atoms in total. The number of likely N-dealkylation sites (N-methyl/N-ethyl adjacent to an activating group) is 1. The van der Waals surface area contributed by atoms with Crippen LogP contribution in [0.3, 0.4) is 0 Å². The number of aliphatic imine (C=N–C) groups is 1. The third-order valence-electron chi connectivity index (χ3n) is 2.46. The van der Waals surface area contributed by atoms with Gasteiger partial charge in [-0.05, 0) is 19.8 Å². The lowest BCUT2D eigenvalue weighted by Gasteiger charge is -2.22. The molecule has 0 atom stereocenters. The van der Waals surface area contributed by atoms with E-state index < -0.39 is 0 Å². The van der Waals surface area contributed by atoms with E-state index in [9.17, 15) is 4.79 Å². The summed E-state index contributed by atoms with van der Waals surface area (Å²) in [5.41, 5.74) is 0. The van der Waals surface area contributed by atoms with Gasteiger partial charge in [0.1, 0.15) is 6.54 Å². The number of nitrogens with one attached hydrogen (secondary N) is 1. The second-order valence-electron chi connectivity index (χ2n) is 4.31. The summed E-state index contributed by atoms with van der Waals surface area (Å²) in [7, 11) is 5.45. The molecule has 1 amide bonds. The molecule has 1 N–H and O–H groups in total. The van der Waals surface area contributed by atoms with Crippen LogP contribution in [0.25, 0.3) is 0 Å². The van der Waals surface area contributed by atoms with Crippen LogP contribution in [-0.2, 0) is 4.79 Å². The minimum absolute atomic E-state index is 0.00453. The molecule has 0 aromatic rings. The van der Waals surface area contributed by atoms with Gasteiger partial charge in [0.25, 0.3) is 0 Å². The Bertz CT molecular complexity index is 287. The highest BCUT2D eigenvalue weighted by Crippen LogP contribution is 1.95. The van der Waals surface area contributed by atoms with E-state index in [0.29, 0.717) is 0 Å². The van der Waals surface area contributed by atoms with E-state index in [-0.39, 0.29) is 12.5 Å². The SMILES string of the molecule is C=CCCCN(C)C(=NCC(=O)N(C)C)NCC. The zero-order chi connectivity index (χ0) is 14.0. The van der Waals surface area contributed by atoms with Gasteiger partial charge in [0.15, 0.2) is 5.96 Å². The number of carbonyl (C=O) groups excluding carboxylic acids is 1. The van der Waals surface area contributed by atoms with Gasteiger partial charge in [0, 0.05) is 34.2 Å². The van der Waals surface area contributed by atoms with Crippen LogP contribution in [0.4, 0.5) is 0 Å². The molecule has 0 aromatic carbocycles. The molecule has 0 aliphatic rings. The highest BCUT2D eigenvalue weighted by molar-refractivity contribution is 5.84. The first-order chi connectivity index (χ1) is 8.52. The van der Waals surface area contributed by atoms with Crippen LogP contribution >= 0.6 is 0 Å². The molecule has 0 unspecified atom stereocenters. The van der Waals surface area contributed by atoms with Crippen molar-refractivity contribution in [1.82, 2.24) is 15.1 Å². The van der Waals surface area contributed by atoms with E-state index in [0.717, 1.165) is 31.9 Å². The first kappa shape index (κ1) is 16.5. The van der Waals surface area contributed by atoms with Crippen molar-refractivity contribution in [3.63, 3.8) is 0 Å². The van der Waals surface area contributed by atoms with E-state index >= 15 is 0 Å². The summed E-state index contributed by atoms with van der Waals surface area (Å²) < 4.78 is 0. The summed E-state index contributed by atoms with van der Waals surface area (Å²) in [5, 5.41) is 3.18. The van der Waals surface area contributed by atoms with E-state index in [4.69, 9.17) is 0 Å². The molecular weight excluding hydrogens is 228 g/mol. The first-order valence-corrected chi connectivity index (χ1v) is 6.33. The predicted octanol–water partition coefficient (Wildman–Crippen LogP) is 0.938. The summed E-state index contributed by atoms with van der Waals surface area (Å²) >= 11 is 0. The van der Waals surface area contributed by atoms with Gasteiger partial charge in [-0.1, -0.05) is 6.08 Å². The summed E-state index contributed by atoms with van der Waals surface area (Å²) in [6.45, 7) is 7.59. The fourth-order valence-corrected chi connectivity index (χ4v) is 1.33. The summed E-state index contributed by atoms with van der Waals surface area (Å²) in [5.74, 6) is 0.779. The van der Waals surface area contributed by atoms with E-state index in [2.05, 4.69) is 16.9 Å². The van der Waals surface area contributed by atoms with Crippen LogP contribution in [0.15, 0.2) is 17.6 Å². The minimum atomic E-state index is 0.00453. The third kappa shape index (κ3) is 6.93. The molecular formula is C13H26N4O. The Morgan fingerprint density at radius 3 is 2.56 bits per heavy atom. The largest absolute Gasteiger partial charge is 0.357 e. The van der Waals surface area contributed by atoms with Crippen molar-refractivity contribution in [2.45, 2.75) is 19.8 Å². The minimum Gasteiger partial charge on any atom is -0.357 e. The normalized spacial score (nSPS) is 11.0. The number of guanidine groups is 1. The van der Waals surface area contributed by atoms with Gasteiger partial charge in [-0.2, -0.15) is 0 Å². The van der Waals surface area contributed by atoms with Crippen molar-refractivity contribution in [2.24, 2.45) is 4.99 Å². The van der Waals surface area contributed by atoms with Gasteiger partial charge in [0.2, 0.25) is 5.91 Å². The molecule has 0 fully saturated rings. The monoisotopic (exact) mass is 254 g/mol. The Kier molecular flexibility index (Phi) is 8.70. The van der Waals surface area contributed by atoms with Crippen molar-refractivity contribution in [2.75, 3.05) is 40.8 Å². The highest BCUT2D eigenvalue weighted by atomic mass is 16.2. The van der Waals surface area contributed by atoms with E-state index in [1.54, 1.807) is 19.0 Å². The molecule has 0 aliphatic heterocycles. The number of unbranched alkanes of at least 4 members (excludes halogenated alkanes) is 1. The lowest BCUT2D eigenvalue weighted by Crippen LogP contribution is -2.40. The van der Waals surface area contributed by atoms with Gasteiger partial charge >= 0.3 is 0 Å². The number of allylic oxidation sites excluding steroid dienone is 1. The van der Waals surface area contributed by atoms with Crippen LogP contribution in [0.5, 0.6) is 0 Å². The van der Waals surface area contributed by atoms with Crippen molar-refractivity contribution >= 4 is 11.9 Å². The molecule has 104 valence electrons. The fourth-order valence-electron chi connectivity index (χ4n) is 1.33. The number of amides is 1. The maximum atomic E-state index is 11.5. The number of carbonyl (C=O) groups is 1. The second kappa shape index (κ2) is 9.50. The Balaban J connectivity index is 4.38. The maximum Gasteiger partial charge on any atom is 0.243 e. The highest BCUT2D eigenvalue weighted by Gasteiger charge is 2.07. The van der Waals surface area contributed by atoms with Gasteiger partial charge in [-0.3, -0.25) is 4.79 Å². The van der Waals surface area contributed by atoms with Crippen molar-refractivity contribution in [1.29, 1.82) is 0 Å². The van der Waals surface area contributed by atoms with Crippen molar-refractivity contribution in [3.05, 3.63) is 12.7 Å². The smallest absolute Gasteiger partial charge is 0.243 e. The fraction of sp³-hybridized carbons (Fsp3) is 0.692. The van der Waals surface area contributed by atoms with Crippen molar-refractivity contribution in [3.8, 4) is 0 Å². The van der Waals surface area contributed by atoms with Crippen LogP contribution in [0.1, 0.15) is 19.8 Å². The Hall–Kier alpha value is -1.52. The summed E-state index contributed by atoms with van der Waals surface area (Å²) in [6, 6.07) is 0. The second-order valence-corrected chi connectivity index (χ2v) is 4.31. The average molecular weight is 254 g/mol. The molecule has 5 heteroatoms. The number of hydrogen-bond acceptors (Lipinski definition) is 2. The first-order valence-electron chi connectivity index (χ1n) is 6.33. The zero-order valence-corrected chi connectivity index (χ0v) is 12.1. The lowest BCUT2D eigenvalue weighted by molar-refractivity contribution is -0.127. The Labute approximate surface area is 111 Å². The van der Waals surface area contributed by atoms with E-state index in [1.165, 1.54) is 0 Å². The summed E-state index contributed by atoms with van der Waals surface area (Å²) in [6.07, 6.45) is 3.93. The Morgan fingerprint density at radius 2 is 2.06 bits per heavy atom. The van der Waals surface area contributed by atoms with Gasteiger partial charge in [-0.15, -0.1) is 6.58 Å². The van der Waals surface area contributed by atoms with Gasteiger partial charge in [-0.25, -0.2) is 4.99 Å². The molecule has 0 rings (SSSR count). The molecule has 18 heavy (non-hydrogen) atoms. The number of nitrogens with zero attached hydrogens (tertiary/aromatic N) is 3. The van der Waals surface area contributed by atoms with Gasteiger partial charge < -0.3 is 15.1 Å². The lowest BCUT2D eigenvalue weighted by atomic mass is 10.3. The molecule has 0 bridgehead atoms. The maximum absolute atomic E-state index is 11.5. The van der Waals surface area contributed by atoms with Crippen LogP contribution in [0.2, 0.25) is 0 Å². The predicted molar refractivity (Wildman–Crippen MR) is 76.7 cm³/mol. The third-order valence-corrected chi connectivity index (χ3v) is 2.46. The molecule has 0 saturated carbocycles. The van der Waals surface area contributed by atoms with Crippen LogP contribution in [-0.4, -0.2) is 62.4 Å². The molecule has 0 spiro atoms. The van der Waals surface area contributed by atoms with Crippen LogP contribution in [0, 0.1) is 0 Å². The van der Waals surface area contributed by atoms with Gasteiger partial charge in [0.05, 0.1) is 0 Å². The quantitative estimate of drug-likeness (QED) is 0.318. The molecule has 0 radical (unpaired) electrons. The molecule has 0 aliphatic carbocycles. The molecule has 0 saturated heterocycles. The number of hydrogen-bond donors (Lipinski definition) is 1. The molecule has 0 heterocycles. The molecule has 0 aromatic heterocycles. The topological polar surface area (TPSA) is 47.9 Å². The summed E-state index contributed by atoms with van der Waals surface area (Å²) in [4.78, 5) is 19.4. The van der Waals surface area contributed by atoms with E-state index in [1.807, 2.05) is 24.9 Å². The zero-order valence-electron chi connectivity index (χ0n) is 12.1. The average Bonchev–Trinajstić information content (AvgIpc) is 2.33. The standard InChI is InChI=1S/C13H26N4O/c1-6-8-9-10-17(5)13(14-7-2)15-11-12(18)16(3)4/h6H,1,7-11H2,2-5H3,(H,14,15).